The van der Waals surface area contributed by atoms with Crippen LogP contribution in [0.2, 0.25) is 0 Å². The number of aryl methyl sites for hydroxylation is 1. The highest BCUT2D eigenvalue weighted by Gasteiger charge is 2.25. The number of nitro groups is 1. The number of aromatic nitrogens is 3. The van der Waals surface area contributed by atoms with Crippen LogP contribution in [-0.2, 0) is 6.61 Å². The maximum Gasteiger partial charge on any atom is 0.220 e. The molecule has 1 aromatic heterocycles. The molecule has 1 heterocycles. The van der Waals surface area contributed by atoms with Crippen molar-refractivity contribution in [2.75, 3.05) is 20.3 Å². The average molecular weight is 600 g/mol. The zero-order valence-corrected chi connectivity index (χ0v) is 23.6. The number of hydrogen-bond acceptors (Lipinski definition) is 8. The van der Waals surface area contributed by atoms with Crippen LogP contribution in [0.25, 0.3) is 5.69 Å². The highest BCUT2D eigenvalue weighted by Crippen LogP contribution is 2.40. The average Bonchev–Trinajstić information content (AvgIpc) is 3.28. The van der Waals surface area contributed by atoms with Gasteiger partial charge < -0.3 is 14.2 Å². The zero-order chi connectivity index (χ0) is 27.1. The van der Waals surface area contributed by atoms with Crippen LogP contribution in [0.1, 0.15) is 29.1 Å². The first-order chi connectivity index (χ1) is 18.4. The van der Waals surface area contributed by atoms with Crippen molar-refractivity contribution < 1.29 is 19.1 Å². The summed E-state index contributed by atoms with van der Waals surface area (Å²) in [5, 5.41) is 20.2. The van der Waals surface area contributed by atoms with Gasteiger partial charge in [-0.2, -0.15) is 0 Å². The minimum absolute atomic E-state index is 0.302. The van der Waals surface area contributed by atoms with Crippen molar-refractivity contribution in [1.29, 1.82) is 0 Å². The molecule has 0 fully saturated rings. The number of nitrogens with zero attached hydrogens (tertiary/aromatic N) is 4. The van der Waals surface area contributed by atoms with E-state index in [4.69, 9.17) is 14.2 Å². The molecule has 0 saturated heterocycles. The Bertz CT molecular complexity index is 1380. The van der Waals surface area contributed by atoms with Crippen LogP contribution >= 0.6 is 27.7 Å². The third-order valence-electron chi connectivity index (χ3n) is 5.64. The molecule has 0 unspecified atom stereocenters. The summed E-state index contributed by atoms with van der Waals surface area (Å²) in [6.07, 6.45) is 0. The van der Waals surface area contributed by atoms with E-state index in [1.807, 2.05) is 79.1 Å². The van der Waals surface area contributed by atoms with Gasteiger partial charge in [0, 0.05) is 15.1 Å². The van der Waals surface area contributed by atoms with Gasteiger partial charge in [-0.05, 0) is 73.5 Å². The van der Waals surface area contributed by atoms with Crippen LogP contribution in [0.15, 0.2) is 76.4 Å². The topological polar surface area (TPSA) is 102 Å². The summed E-state index contributed by atoms with van der Waals surface area (Å²) in [5.74, 6) is 2.50. The molecule has 198 valence electrons. The minimum atomic E-state index is -0.537. The van der Waals surface area contributed by atoms with E-state index in [1.165, 1.54) is 11.8 Å². The lowest BCUT2D eigenvalue weighted by Gasteiger charge is -2.17. The predicted molar refractivity (Wildman–Crippen MR) is 149 cm³/mol. The number of halogens is 1. The van der Waals surface area contributed by atoms with Crippen LogP contribution in [0.4, 0.5) is 0 Å². The van der Waals surface area contributed by atoms with Crippen molar-refractivity contribution in [2.45, 2.75) is 30.9 Å². The van der Waals surface area contributed by atoms with Crippen molar-refractivity contribution in [3.63, 3.8) is 0 Å². The Kier molecular flexibility index (Phi) is 9.24. The Morgan fingerprint density at radius 3 is 2.42 bits per heavy atom. The van der Waals surface area contributed by atoms with E-state index in [-0.39, 0.29) is 11.5 Å². The van der Waals surface area contributed by atoms with Gasteiger partial charge in [0.2, 0.25) is 6.54 Å². The van der Waals surface area contributed by atoms with Gasteiger partial charge >= 0.3 is 0 Å². The molecule has 4 rings (SSSR count). The Labute approximate surface area is 233 Å². The Morgan fingerprint density at radius 2 is 1.76 bits per heavy atom. The van der Waals surface area contributed by atoms with Crippen LogP contribution in [0.3, 0.4) is 0 Å². The standard InChI is InChI=1S/C27H27BrN4O5S/c1-4-36-25-15-20(7-14-24(25)37-17-19-5-8-21(28)9-6-19)26(16-31(33)34)38-27-30-29-18(2)32(27)22-10-12-23(35-3)13-11-22/h5-15,26H,4,16-17H2,1-3H3/t26-/m0/s1. The maximum atomic E-state index is 11.6. The highest BCUT2D eigenvalue weighted by molar-refractivity contribution is 9.10. The first-order valence-corrected chi connectivity index (χ1v) is 13.5. The number of methoxy groups -OCH3 is 1. The maximum absolute atomic E-state index is 11.6. The molecule has 0 saturated carbocycles. The molecule has 38 heavy (non-hydrogen) atoms. The van der Waals surface area contributed by atoms with Crippen molar-refractivity contribution in [2.24, 2.45) is 0 Å². The SMILES string of the molecule is CCOc1cc([C@H](C[N+](=O)[O-])Sc2nnc(C)n2-c2ccc(OC)cc2)ccc1OCc1ccc(Br)cc1. The molecule has 4 aromatic rings. The molecule has 0 radical (unpaired) electrons. The number of thioether (sulfide) groups is 1. The number of ether oxygens (including phenoxy) is 3. The summed E-state index contributed by atoms with van der Waals surface area (Å²) in [6, 6.07) is 20.8. The molecule has 1 atom stereocenters. The third-order valence-corrected chi connectivity index (χ3v) is 7.34. The smallest absolute Gasteiger partial charge is 0.220 e. The molecule has 0 spiro atoms. The predicted octanol–water partition coefficient (Wildman–Crippen LogP) is 6.43. The van der Waals surface area contributed by atoms with Crippen molar-refractivity contribution in [3.05, 3.63) is 98.3 Å². The van der Waals surface area contributed by atoms with Crippen LogP contribution in [0.5, 0.6) is 17.2 Å². The summed E-state index contributed by atoms with van der Waals surface area (Å²) >= 11 is 4.72. The van der Waals surface area contributed by atoms with Crippen molar-refractivity contribution in [3.8, 4) is 22.9 Å². The quantitative estimate of drug-likeness (QED) is 0.104. The fraction of sp³-hybridized carbons (Fsp3) is 0.259. The van der Waals surface area contributed by atoms with Gasteiger partial charge in [-0.25, -0.2) is 0 Å². The summed E-state index contributed by atoms with van der Waals surface area (Å²) < 4.78 is 20.0. The molecule has 0 N–H and O–H groups in total. The van der Waals surface area contributed by atoms with Crippen molar-refractivity contribution in [1.82, 2.24) is 14.8 Å². The summed E-state index contributed by atoms with van der Waals surface area (Å²) in [7, 11) is 1.61. The molecule has 11 heteroatoms. The second-order valence-electron chi connectivity index (χ2n) is 8.24. The molecule has 0 aliphatic heterocycles. The second kappa shape index (κ2) is 12.8. The van der Waals surface area contributed by atoms with E-state index in [0.717, 1.165) is 27.0 Å². The second-order valence-corrected chi connectivity index (χ2v) is 10.3. The molecule has 0 aliphatic rings. The lowest BCUT2D eigenvalue weighted by atomic mass is 10.1. The van der Waals surface area contributed by atoms with Crippen LogP contribution in [-0.4, -0.2) is 39.9 Å². The monoisotopic (exact) mass is 598 g/mol. The first kappa shape index (κ1) is 27.5. The van der Waals surface area contributed by atoms with Gasteiger partial charge in [-0.15, -0.1) is 10.2 Å². The fourth-order valence-electron chi connectivity index (χ4n) is 3.78. The minimum Gasteiger partial charge on any atom is -0.497 e. The fourth-order valence-corrected chi connectivity index (χ4v) is 5.20. The van der Waals surface area contributed by atoms with Gasteiger partial charge in [0.05, 0.1) is 13.7 Å². The highest BCUT2D eigenvalue weighted by atomic mass is 79.9. The lowest BCUT2D eigenvalue weighted by Crippen LogP contribution is -2.11. The molecular weight excluding hydrogens is 572 g/mol. The number of hydrogen-bond donors (Lipinski definition) is 0. The molecule has 0 bridgehead atoms. The molecular formula is C27H27BrN4O5S. The molecule has 0 aliphatic carbocycles. The van der Waals surface area contributed by atoms with E-state index in [2.05, 4.69) is 26.1 Å². The summed E-state index contributed by atoms with van der Waals surface area (Å²) in [6.45, 7) is 4.22. The van der Waals surface area contributed by atoms with Gasteiger partial charge in [-0.1, -0.05) is 45.9 Å². The lowest BCUT2D eigenvalue weighted by molar-refractivity contribution is -0.479. The Balaban J connectivity index is 1.61. The number of benzene rings is 3. The van der Waals surface area contributed by atoms with E-state index >= 15 is 0 Å². The number of rotatable bonds is 12. The van der Waals surface area contributed by atoms with Gasteiger partial charge in [-0.3, -0.25) is 14.7 Å². The van der Waals surface area contributed by atoms with E-state index in [1.54, 1.807) is 13.2 Å². The van der Waals surface area contributed by atoms with Crippen molar-refractivity contribution >= 4 is 27.7 Å². The molecule has 3 aromatic carbocycles. The Hall–Kier alpha value is -3.57. The van der Waals surface area contributed by atoms with Crippen LogP contribution in [0, 0.1) is 17.0 Å². The van der Waals surface area contributed by atoms with E-state index in [9.17, 15) is 10.1 Å². The largest absolute Gasteiger partial charge is 0.497 e. The Morgan fingerprint density at radius 1 is 1.03 bits per heavy atom. The zero-order valence-electron chi connectivity index (χ0n) is 21.2. The molecule has 9 nitrogen and oxygen atoms in total. The van der Waals surface area contributed by atoms with E-state index in [0.29, 0.717) is 35.7 Å². The third kappa shape index (κ3) is 6.84. The summed E-state index contributed by atoms with van der Waals surface area (Å²) in [4.78, 5) is 11.3. The van der Waals surface area contributed by atoms with Gasteiger partial charge in [0.1, 0.15) is 23.4 Å². The van der Waals surface area contributed by atoms with Crippen LogP contribution < -0.4 is 14.2 Å². The molecule has 0 amide bonds. The van der Waals surface area contributed by atoms with Gasteiger partial charge in [0.15, 0.2) is 16.7 Å². The van der Waals surface area contributed by atoms with E-state index < -0.39 is 5.25 Å². The van der Waals surface area contributed by atoms with Gasteiger partial charge in [0.25, 0.3) is 0 Å². The first-order valence-electron chi connectivity index (χ1n) is 11.9. The summed E-state index contributed by atoms with van der Waals surface area (Å²) in [5.41, 5.74) is 2.57. The normalized spacial score (nSPS) is 11.7.